The van der Waals surface area contributed by atoms with Crippen LogP contribution in [0.25, 0.3) is 32.8 Å². The normalized spacial score (nSPS) is 28.3. The zero-order valence-corrected chi connectivity index (χ0v) is 26.4. The molecule has 5 atom stereocenters. The van der Waals surface area contributed by atoms with E-state index in [1.54, 1.807) is 6.07 Å². The van der Waals surface area contributed by atoms with Crippen LogP contribution >= 0.6 is 0 Å². The summed E-state index contributed by atoms with van der Waals surface area (Å²) in [4.78, 5) is 13.8. The van der Waals surface area contributed by atoms with Crippen LogP contribution in [0.2, 0.25) is 0 Å². The largest absolute Gasteiger partial charge is 0.508 e. The zero-order valence-electron chi connectivity index (χ0n) is 26.4. The van der Waals surface area contributed by atoms with E-state index in [9.17, 15) is 9.50 Å². The number of alkyl halides is 1. The summed E-state index contributed by atoms with van der Waals surface area (Å²) < 4.78 is 61.3. The number of hydrogen-bond donors (Lipinski definition) is 2. The average molecular weight is 646 g/mol. The van der Waals surface area contributed by atoms with Gasteiger partial charge in [0.25, 0.3) is 0 Å². The maximum absolute atomic E-state index is 17.2. The lowest BCUT2D eigenvalue weighted by molar-refractivity contribution is 0.107. The van der Waals surface area contributed by atoms with Crippen molar-refractivity contribution in [3.8, 4) is 28.6 Å². The molecule has 3 aromatic carbocycles. The number of phenolic OH excluding ortho intramolecular Hbond substituents is 1. The van der Waals surface area contributed by atoms with E-state index in [4.69, 9.17) is 14.5 Å². The minimum Gasteiger partial charge on any atom is -0.508 e. The molecule has 0 amide bonds. The van der Waals surface area contributed by atoms with E-state index in [1.807, 2.05) is 25.1 Å². The number of halogens is 3. The number of hydrogen-bond acceptors (Lipinski definition) is 8. The number of nitrogens with one attached hydrogen (secondary N) is 1. The van der Waals surface area contributed by atoms with Gasteiger partial charge in [0, 0.05) is 44.1 Å². The Morgan fingerprint density at radius 2 is 2.00 bits per heavy atom. The second kappa shape index (κ2) is 10.8. The summed E-state index contributed by atoms with van der Waals surface area (Å²) in [6.45, 7) is 4.24. The minimum atomic E-state index is -0.922. The number of piperazine rings is 1. The summed E-state index contributed by atoms with van der Waals surface area (Å²) in [7, 11) is 0. The van der Waals surface area contributed by atoms with Gasteiger partial charge in [-0.1, -0.05) is 25.1 Å². The predicted octanol–water partition coefficient (Wildman–Crippen LogP) is 6.04. The third-order valence-electron chi connectivity index (χ3n) is 11.4. The molecule has 3 unspecified atom stereocenters. The van der Waals surface area contributed by atoms with E-state index < -0.39 is 23.3 Å². The van der Waals surface area contributed by atoms with Gasteiger partial charge in [0.2, 0.25) is 0 Å². The lowest BCUT2D eigenvalue weighted by Crippen LogP contribution is -2.59. The Morgan fingerprint density at radius 3 is 2.87 bits per heavy atom. The van der Waals surface area contributed by atoms with Gasteiger partial charge in [-0.05, 0) is 72.7 Å². The van der Waals surface area contributed by atoms with Crippen molar-refractivity contribution in [1.29, 1.82) is 0 Å². The maximum Gasteiger partial charge on any atom is 0.319 e. The molecule has 47 heavy (non-hydrogen) atoms. The number of rotatable bonds is 5. The molecule has 5 aliphatic rings. The highest BCUT2D eigenvalue weighted by atomic mass is 19.1. The molecule has 0 radical (unpaired) electrons. The van der Waals surface area contributed by atoms with Crippen molar-refractivity contribution >= 4 is 27.5 Å². The molecule has 0 saturated carbocycles. The number of aromatic hydroxyl groups is 1. The van der Waals surface area contributed by atoms with Crippen LogP contribution in [0.3, 0.4) is 0 Å². The highest BCUT2D eigenvalue weighted by Gasteiger charge is 2.50. The van der Waals surface area contributed by atoms with Crippen molar-refractivity contribution in [3.05, 3.63) is 47.5 Å². The van der Waals surface area contributed by atoms with Gasteiger partial charge in [0.05, 0.1) is 23.1 Å². The molecule has 246 valence electrons. The SMILES string of the molecule is CCc1cccc2cc(O)cc(-c3c(F)c4c5c(nc(OC[C@]67CCCN6C[C@H](F)C7)nc5c3F)N3CC5CCC(N5)C3CCO4)c12. The molecule has 2 N–H and O–H groups in total. The average Bonchev–Trinajstić information content (AvgIpc) is 3.72. The van der Waals surface area contributed by atoms with Gasteiger partial charge in [0.15, 0.2) is 17.4 Å². The van der Waals surface area contributed by atoms with E-state index in [0.29, 0.717) is 48.9 Å². The van der Waals surface area contributed by atoms with E-state index in [1.165, 1.54) is 6.07 Å². The summed E-state index contributed by atoms with van der Waals surface area (Å²) in [5, 5.41) is 16.0. The fourth-order valence-electron chi connectivity index (χ4n) is 9.28. The topological polar surface area (TPSA) is 83.0 Å². The lowest BCUT2D eigenvalue weighted by Gasteiger charge is -2.43. The molecule has 9 rings (SSSR count). The van der Waals surface area contributed by atoms with Gasteiger partial charge in [-0.15, -0.1) is 0 Å². The summed E-state index contributed by atoms with van der Waals surface area (Å²) in [5.41, 5.74) is 0.285. The van der Waals surface area contributed by atoms with E-state index in [2.05, 4.69) is 20.1 Å². The Kier molecular flexibility index (Phi) is 6.77. The second-order valence-corrected chi connectivity index (χ2v) is 14.0. The van der Waals surface area contributed by atoms with Crippen molar-refractivity contribution in [2.24, 2.45) is 0 Å². The molecule has 11 heteroatoms. The number of ether oxygens (including phenoxy) is 2. The van der Waals surface area contributed by atoms with Gasteiger partial charge >= 0.3 is 6.01 Å². The highest BCUT2D eigenvalue weighted by Crippen LogP contribution is 2.48. The molecule has 6 heterocycles. The predicted molar refractivity (Wildman–Crippen MR) is 173 cm³/mol. The zero-order chi connectivity index (χ0) is 32.0. The Hall–Kier alpha value is -3.83. The Morgan fingerprint density at radius 1 is 1.11 bits per heavy atom. The van der Waals surface area contributed by atoms with Crippen molar-refractivity contribution < 1.29 is 27.8 Å². The third kappa shape index (κ3) is 4.49. The molecule has 4 fully saturated rings. The fraction of sp³-hybridized carbons (Fsp3) is 0.500. The van der Waals surface area contributed by atoms with Gasteiger partial charge in [0.1, 0.15) is 29.9 Å². The van der Waals surface area contributed by atoms with Crippen LogP contribution in [0.15, 0.2) is 30.3 Å². The van der Waals surface area contributed by atoms with Crippen LogP contribution < -0.4 is 19.7 Å². The molecule has 4 saturated heterocycles. The number of aromatic nitrogens is 2. The second-order valence-electron chi connectivity index (χ2n) is 14.0. The van der Waals surface area contributed by atoms with Crippen LogP contribution in [0.4, 0.5) is 19.0 Å². The summed E-state index contributed by atoms with van der Waals surface area (Å²) >= 11 is 0. The summed E-state index contributed by atoms with van der Waals surface area (Å²) in [5.74, 6) is -1.50. The molecule has 0 aliphatic carbocycles. The number of benzene rings is 3. The van der Waals surface area contributed by atoms with Crippen molar-refractivity contribution in [2.75, 3.05) is 37.7 Å². The number of phenols is 1. The summed E-state index contributed by atoms with van der Waals surface area (Å²) in [6.07, 6.45) is 4.50. The standard InChI is InChI=1S/C36H38F3N5O3/c1-2-19-5-3-6-20-13-23(45)14-24(27(19)20)28-30(38)32-29-33(31(28)39)46-12-9-26-25-8-7-22(40-25)17-44(26)34(29)42-35(41-32)47-18-36-10-4-11-43(36)16-21(37)15-36/h3,5-6,13-14,21-22,25-26,40,45H,2,4,7-12,15-18H2,1H3/t21-,22?,25?,26?,36-/m1/s1. The molecule has 5 aliphatic heterocycles. The minimum absolute atomic E-state index is 0.0151. The quantitative estimate of drug-likeness (QED) is 0.272. The molecule has 1 aromatic heterocycles. The Bertz CT molecular complexity index is 1930. The van der Waals surface area contributed by atoms with E-state index >= 15 is 8.78 Å². The molecule has 2 bridgehead atoms. The third-order valence-corrected chi connectivity index (χ3v) is 11.4. The molecule has 8 nitrogen and oxygen atoms in total. The van der Waals surface area contributed by atoms with Gasteiger partial charge < -0.3 is 24.8 Å². The van der Waals surface area contributed by atoms with Crippen LogP contribution in [-0.2, 0) is 6.42 Å². The molecular weight excluding hydrogens is 607 g/mol. The number of anilines is 1. The number of fused-ring (bicyclic) bond motifs is 7. The van der Waals surface area contributed by atoms with Crippen LogP contribution in [-0.4, -0.2) is 82.7 Å². The van der Waals surface area contributed by atoms with Gasteiger partial charge in [-0.2, -0.15) is 9.97 Å². The van der Waals surface area contributed by atoms with E-state index in [-0.39, 0.29) is 70.9 Å². The van der Waals surface area contributed by atoms with Gasteiger partial charge in [-0.3, -0.25) is 4.90 Å². The van der Waals surface area contributed by atoms with Crippen molar-refractivity contribution in [1.82, 2.24) is 20.2 Å². The first-order valence-electron chi connectivity index (χ1n) is 17.0. The van der Waals surface area contributed by atoms with Crippen LogP contribution in [0.1, 0.15) is 51.0 Å². The van der Waals surface area contributed by atoms with E-state index in [0.717, 1.165) is 37.8 Å². The monoisotopic (exact) mass is 645 g/mol. The smallest absolute Gasteiger partial charge is 0.319 e. The van der Waals surface area contributed by atoms with Crippen LogP contribution in [0.5, 0.6) is 17.5 Å². The Balaban J connectivity index is 1.27. The van der Waals surface area contributed by atoms with Crippen molar-refractivity contribution in [2.45, 2.75) is 81.7 Å². The molecule has 0 spiro atoms. The number of aryl methyl sites for hydroxylation is 1. The molecular formula is C36H38F3N5O3. The number of nitrogens with zero attached hydrogens (tertiary/aromatic N) is 4. The first kappa shape index (κ1) is 29.3. The summed E-state index contributed by atoms with van der Waals surface area (Å²) in [6, 6.07) is 9.09. The lowest BCUT2D eigenvalue weighted by atomic mass is 9.91. The maximum atomic E-state index is 17.2. The van der Waals surface area contributed by atoms with Crippen LogP contribution in [0, 0.1) is 11.6 Å². The highest BCUT2D eigenvalue weighted by molar-refractivity contribution is 6.05. The first-order chi connectivity index (χ1) is 22.8. The van der Waals surface area contributed by atoms with Gasteiger partial charge in [-0.25, -0.2) is 13.2 Å². The first-order valence-corrected chi connectivity index (χ1v) is 17.0. The Labute approximate surface area is 270 Å². The van der Waals surface area contributed by atoms with Crippen molar-refractivity contribution in [3.63, 3.8) is 0 Å². The fourth-order valence-corrected chi connectivity index (χ4v) is 9.28. The molecule has 4 aromatic rings.